The minimum Gasteiger partial charge on any atom is -0.307 e. The van der Waals surface area contributed by atoms with Crippen LogP contribution in [0, 0.1) is 6.92 Å². The van der Waals surface area contributed by atoms with E-state index in [4.69, 9.17) is 11.6 Å². The van der Waals surface area contributed by atoms with E-state index in [9.17, 15) is 0 Å². The van der Waals surface area contributed by atoms with Crippen LogP contribution >= 0.6 is 11.6 Å². The lowest BCUT2D eigenvalue weighted by Gasteiger charge is -2.13. The topological polar surface area (TPSA) is 55.6 Å². The normalized spacial score (nSPS) is 12.6. The molecule has 0 saturated carbocycles. The maximum absolute atomic E-state index is 6.15. The zero-order valence-electron chi connectivity index (χ0n) is 11.4. The van der Waals surface area contributed by atoms with Gasteiger partial charge in [0.2, 0.25) is 0 Å². The van der Waals surface area contributed by atoms with Crippen LogP contribution in [0.25, 0.3) is 5.69 Å². The van der Waals surface area contributed by atoms with E-state index >= 15 is 0 Å². The molecule has 1 atom stereocenters. The number of hydrogen-bond acceptors (Lipinski definition) is 4. The number of tetrazole rings is 1. The molecule has 0 radical (unpaired) electrons. The van der Waals surface area contributed by atoms with Gasteiger partial charge in [0.1, 0.15) is 0 Å². The van der Waals surface area contributed by atoms with Gasteiger partial charge in [0.15, 0.2) is 5.82 Å². The lowest BCUT2D eigenvalue weighted by atomic mass is 10.2. The molecule has 0 aliphatic heterocycles. The minimum atomic E-state index is 0.0926. The van der Waals surface area contributed by atoms with Crippen molar-refractivity contribution in [2.75, 3.05) is 6.54 Å². The molecule has 5 nitrogen and oxygen atoms in total. The predicted octanol–water partition coefficient (Wildman–Crippen LogP) is 2.68. The molecule has 1 heterocycles. The van der Waals surface area contributed by atoms with E-state index < -0.39 is 0 Å². The van der Waals surface area contributed by atoms with E-state index in [1.807, 2.05) is 32.0 Å². The van der Waals surface area contributed by atoms with Crippen molar-refractivity contribution in [2.24, 2.45) is 0 Å². The maximum Gasteiger partial charge on any atom is 0.173 e. The van der Waals surface area contributed by atoms with E-state index in [0.29, 0.717) is 5.02 Å². The Kier molecular flexibility index (Phi) is 4.50. The molecular weight excluding hydrogens is 262 g/mol. The molecule has 0 aliphatic carbocycles. The average molecular weight is 280 g/mol. The van der Waals surface area contributed by atoms with Crippen molar-refractivity contribution in [3.63, 3.8) is 0 Å². The molecule has 0 fully saturated rings. The highest BCUT2D eigenvalue weighted by atomic mass is 35.5. The van der Waals surface area contributed by atoms with Gasteiger partial charge in [-0.25, -0.2) is 0 Å². The first kappa shape index (κ1) is 14.0. The second-order valence-corrected chi connectivity index (χ2v) is 4.97. The highest BCUT2D eigenvalue weighted by Crippen LogP contribution is 2.20. The summed E-state index contributed by atoms with van der Waals surface area (Å²) in [6, 6.07) is 5.90. The predicted molar refractivity (Wildman–Crippen MR) is 75.6 cm³/mol. The van der Waals surface area contributed by atoms with Crippen molar-refractivity contribution in [1.29, 1.82) is 0 Å². The number of aromatic nitrogens is 4. The van der Waals surface area contributed by atoms with E-state index in [1.54, 1.807) is 4.68 Å². The van der Waals surface area contributed by atoms with E-state index in [-0.39, 0.29) is 6.04 Å². The van der Waals surface area contributed by atoms with Crippen molar-refractivity contribution < 1.29 is 0 Å². The summed E-state index contributed by atoms with van der Waals surface area (Å²) in [6.07, 6.45) is 1.07. The maximum atomic E-state index is 6.15. The molecule has 2 rings (SSSR count). The molecule has 0 amide bonds. The quantitative estimate of drug-likeness (QED) is 0.914. The smallest absolute Gasteiger partial charge is 0.173 e. The average Bonchev–Trinajstić information content (AvgIpc) is 2.88. The first-order chi connectivity index (χ1) is 9.13. The lowest BCUT2D eigenvalue weighted by Crippen LogP contribution is -2.22. The Bertz CT molecular complexity index is 552. The van der Waals surface area contributed by atoms with Gasteiger partial charge in [-0.3, -0.25) is 0 Å². The Morgan fingerprint density at radius 1 is 1.42 bits per heavy atom. The van der Waals surface area contributed by atoms with Crippen LogP contribution in [0.1, 0.15) is 37.7 Å². The third-order valence-electron chi connectivity index (χ3n) is 2.98. The van der Waals surface area contributed by atoms with Gasteiger partial charge in [-0.2, -0.15) is 4.68 Å². The van der Waals surface area contributed by atoms with Crippen molar-refractivity contribution in [3.05, 3.63) is 34.6 Å². The number of benzene rings is 1. The molecule has 0 saturated heterocycles. The summed E-state index contributed by atoms with van der Waals surface area (Å²) in [5.41, 5.74) is 1.91. The summed E-state index contributed by atoms with van der Waals surface area (Å²) >= 11 is 6.15. The number of rotatable bonds is 5. The lowest BCUT2D eigenvalue weighted by molar-refractivity contribution is 0.531. The largest absolute Gasteiger partial charge is 0.307 e. The first-order valence-electron chi connectivity index (χ1n) is 6.41. The zero-order valence-corrected chi connectivity index (χ0v) is 12.1. The van der Waals surface area contributed by atoms with Crippen LogP contribution in [0.4, 0.5) is 0 Å². The fraction of sp³-hybridized carbons (Fsp3) is 0.462. The Morgan fingerprint density at radius 2 is 2.21 bits per heavy atom. The van der Waals surface area contributed by atoms with Gasteiger partial charge >= 0.3 is 0 Å². The van der Waals surface area contributed by atoms with Gasteiger partial charge < -0.3 is 5.32 Å². The molecule has 6 heteroatoms. The van der Waals surface area contributed by atoms with Crippen molar-refractivity contribution in [3.8, 4) is 5.69 Å². The summed E-state index contributed by atoms with van der Waals surface area (Å²) in [5, 5.41) is 16.0. The molecule has 102 valence electrons. The van der Waals surface area contributed by atoms with Crippen molar-refractivity contribution >= 4 is 11.6 Å². The number of nitrogens with zero attached hydrogens (tertiary/aromatic N) is 4. The van der Waals surface area contributed by atoms with Gasteiger partial charge in [-0.15, -0.1) is 5.10 Å². The fourth-order valence-corrected chi connectivity index (χ4v) is 1.99. The van der Waals surface area contributed by atoms with Gasteiger partial charge in [-0.1, -0.05) is 24.6 Å². The van der Waals surface area contributed by atoms with Crippen LogP contribution in [0.3, 0.4) is 0 Å². The number of aryl methyl sites for hydroxylation is 1. The van der Waals surface area contributed by atoms with E-state index in [1.165, 1.54) is 0 Å². The van der Waals surface area contributed by atoms with Crippen LogP contribution in [0.2, 0.25) is 5.02 Å². The molecule has 19 heavy (non-hydrogen) atoms. The Labute approximate surface area is 118 Å². The third kappa shape index (κ3) is 3.11. The summed E-state index contributed by atoms with van der Waals surface area (Å²) in [5.74, 6) is 0.786. The second kappa shape index (κ2) is 6.12. The van der Waals surface area contributed by atoms with Crippen LogP contribution in [0.5, 0.6) is 0 Å². The Morgan fingerprint density at radius 3 is 2.89 bits per heavy atom. The second-order valence-electron chi connectivity index (χ2n) is 4.56. The van der Waals surface area contributed by atoms with Gasteiger partial charge in [0.25, 0.3) is 0 Å². The summed E-state index contributed by atoms with van der Waals surface area (Å²) in [4.78, 5) is 0. The van der Waals surface area contributed by atoms with Gasteiger partial charge in [0, 0.05) is 5.02 Å². The highest BCUT2D eigenvalue weighted by Gasteiger charge is 2.15. The van der Waals surface area contributed by atoms with E-state index in [0.717, 1.165) is 30.0 Å². The van der Waals surface area contributed by atoms with Crippen molar-refractivity contribution in [2.45, 2.75) is 33.2 Å². The first-order valence-corrected chi connectivity index (χ1v) is 6.79. The molecule has 0 bridgehead atoms. The van der Waals surface area contributed by atoms with Gasteiger partial charge in [-0.05, 0) is 54.9 Å². The molecule has 0 spiro atoms. The number of nitrogens with one attached hydrogen (secondary N) is 1. The van der Waals surface area contributed by atoms with Crippen LogP contribution < -0.4 is 5.32 Å². The third-order valence-corrected chi connectivity index (χ3v) is 3.39. The van der Waals surface area contributed by atoms with Gasteiger partial charge in [0.05, 0.1) is 11.7 Å². The highest BCUT2D eigenvalue weighted by molar-refractivity contribution is 6.31. The fourth-order valence-electron chi connectivity index (χ4n) is 1.81. The Hall–Kier alpha value is -1.46. The number of hydrogen-bond donors (Lipinski definition) is 1. The minimum absolute atomic E-state index is 0.0926. The summed E-state index contributed by atoms with van der Waals surface area (Å²) in [7, 11) is 0. The zero-order chi connectivity index (χ0) is 13.8. The van der Waals surface area contributed by atoms with Crippen LogP contribution in [-0.2, 0) is 0 Å². The molecular formula is C13H18ClN5. The summed E-state index contributed by atoms with van der Waals surface area (Å²) < 4.78 is 1.72. The SMILES string of the molecule is CCCNC(C)c1nnnn1-c1ccc(C)c(Cl)c1. The monoisotopic (exact) mass is 279 g/mol. The Balaban J connectivity index is 2.30. The number of halogens is 1. The molecule has 1 aromatic heterocycles. The summed E-state index contributed by atoms with van der Waals surface area (Å²) in [6.45, 7) is 7.08. The van der Waals surface area contributed by atoms with Crippen LogP contribution in [0.15, 0.2) is 18.2 Å². The molecule has 2 aromatic rings. The molecule has 1 N–H and O–H groups in total. The molecule has 1 unspecified atom stereocenters. The standard InChI is InChI=1S/C13H18ClN5/c1-4-7-15-10(3)13-16-17-18-19(13)11-6-5-9(2)12(14)8-11/h5-6,8,10,15H,4,7H2,1-3H3. The van der Waals surface area contributed by atoms with Crippen molar-refractivity contribution in [1.82, 2.24) is 25.5 Å². The van der Waals surface area contributed by atoms with Crippen LogP contribution in [-0.4, -0.2) is 26.8 Å². The van der Waals surface area contributed by atoms with E-state index in [2.05, 4.69) is 27.8 Å². The molecule has 1 aromatic carbocycles. The molecule has 0 aliphatic rings.